The van der Waals surface area contributed by atoms with Gasteiger partial charge >= 0.3 is 0 Å². The van der Waals surface area contributed by atoms with E-state index in [0.29, 0.717) is 12.0 Å². The van der Waals surface area contributed by atoms with Gasteiger partial charge in [0.15, 0.2) is 0 Å². The third kappa shape index (κ3) is 5.48. The van der Waals surface area contributed by atoms with Crippen molar-refractivity contribution in [2.24, 2.45) is 5.92 Å². The molecule has 1 aromatic rings. The van der Waals surface area contributed by atoms with Crippen molar-refractivity contribution in [1.29, 1.82) is 0 Å². The molecule has 1 atom stereocenters. The van der Waals surface area contributed by atoms with E-state index in [2.05, 4.69) is 62.5 Å². The molecule has 2 nitrogen and oxygen atoms in total. The molecule has 0 radical (unpaired) electrons. The van der Waals surface area contributed by atoms with Crippen LogP contribution in [0.4, 0.5) is 0 Å². The summed E-state index contributed by atoms with van der Waals surface area (Å²) in [5, 5.41) is 10.4. The normalized spacial score (nSPS) is 12.9. The summed E-state index contributed by atoms with van der Waals surface area (Å²) < 4.78 is 0. The predicted molar refractivity (Wildman–Crippen MR) is 80.5 cm³/mol. The molecule has 0 aliphatic carbocycles. The van der Waals surface area contributed by atoms with Crippen molar-refractivity contribution < 1.29 is 5.11 Å². The Kier molecular flexibility index (Phi) is 9.25. The molecule has 18 heavy (non-hydrogen) atoms. The molecular weight excluding hydrogens is 222 g/mol. The largest absolute Gasteiger partial charge is 0.400 e. The number of hydrogen-bond acceptors (Lipinski definition) is 2. The van der Waals surface area contributed by atoms with Gasteiger partial charge in [-0.1, -0.05) is 57.2 Å². The molecule has 0 amide bonds. The Morgan fingerprint density at radius 2 is 1.78 bits per heavy atom. The molecule has 0 fully saturated rings. The fourth-order valence-electron chi connectivity index (χ4n) is 1.90. The Hall–Kier alpha value is -1.12. The summed E-state index contributed by atoms with van der Waals surface area (Å²) >= 11 is 0. The number of hydrogen-bond donors (Lipinski definition) is 2. The molecule has 1 unspecified atom stereocenters. The SMILES string of the molecule is CC/C(=C/C(NC)C(C)C)c1ccccc1.CO. The molecule has 2 N–H and O–H groups in total. The van der Waals surface area contributed by atoms with Crippen molar-refractivity contribution in [1.82, 2.24) is 5.32 Å². The van der Waals surface area contributed by atoms with Crippen molar-refractivity contribution in [2.75, 3.05) is 14.2 Å². The molecule has 0 saturated carbocycles. The third-order valence-corrected chi connectivity index (χ3v) is 2.96. The highest BCUT2D eigenvalue weighted by Gasteiger charge is 2.09. The van der Waals surface area contributed by atoms with Crippen molar-refractivity contribution in [3.63, 3.8) is 0 Å². The van der Waals surface area contributed by atoms with E-state index in [0.717, 1.165) is 13.5 Å². The maximum absolute atomic E-state index is 7.00. The first-order valence-corrected chi connectivity index (χ1v) is 6.57. The standard InChI is InChI=1S/C15H23N.CH4O/c1-5-13(11-15(16-4)12(2)3)14-9-7-6-8-10-14;1-2/h6-12,15-16H,5H2,1-4H3;2H,1H3/b13-11-;. The second kappa shape index (κ2) is 9.86. The van der Waals surface area contributed by atoms with Gasteiger partial charge in [-0.15, -0.1) is 0 Å². The van der Waals surface area contributed by atoms with Crippen LogP contribution >= 0.6 is 0 Å². The van der Waals surface area contributed by atoms with Crippen LogP contribution < -0.4 is 5.32 Å². The first kappa shape index (κ1) is 16.9. The zero-order chi connectivity index (χ0) is 14.0. The molecule has 0 aliphatic heterocycles. The van der Waals surface area contributed by atoms with Crippen LogP contribution in [0.1, 0.15) is 32.8 Å². The monoisotopic (exact) mass is 249 g/mol. The van der Waals surface area contributed by atoms with Gasteiger partial charge in [-0.25, -0.2) is 0 Å². The fourth-order valence-corrected chi connectivity index (χ4v) is 1.90. The van der Waals surface area contributed by atoms with E-state index in [1.54, 1.807) is 0 Å². The molecule has 1 rings (SSSR count). The van der Waals surface area contributed by atoms with Crippen LogP contribution in [-0.4, -0.2) is 25.3 Å². The van der Waals surface area contributed by atoms with E-state index in [9.17, 15) is 0 Å². The lowest BCUT2D eigenvalue weighted by Crippen LogP contribution is -2.28. The number of nitrogens with one attached hydrogen (secondary N) is 1. The fraction of sp³-hybridized carbons (Fsp3) is 0.500. The Bertz CT molecular complexity index is 330. The van der Waals surface area contributed by atoms with Crippen LogP contribution in [0.25, 0.3) is 5.57 Å². The average molecular weight is 249 g/mol. The van der Waals surface area contributed by atoms with Gasteiger partial charge < -0.3 is 10.4 Å². The van der Waals surface area contributed by atoms with Crippen LogP contribution in [0, 0.1) is 5.92 Å². The minimum atomic E-state index is 0.454. The minimum absolute atomic E-state index is 0.454. The van der Waals surface area contributed by atoms with Crippen LogP contribution in [0.3, 0.4) is 0 Å². The molecular formula is C16H27NO. The maximum Gasteiger partial charge on any atom is 0.0319 e. The van der Waals surface area contributed by atoms with E-state index >= 15 is 0 Å². The van der Waals surface area contributed by atoms with Gasteiger partial charge in [-0.3, -0.25) is 0 Å². The summed E-state index contributed by atoms with van der Waals surface area (Å²) in [6, 6.07) is 11.1. The maximum atomic E-state index is 7.00. The number of allylic oxidation sites excluding steroid dienone is 1. The highest BCUT2D eigenvalue weighted by Crippen LogP contribution is 2.19. The summed E-state index contributed by atoms with van der Waals surface area (Å²) in [4.78, 5) is 0. The van der Waals surface area contributed by atoms with Crippen LogP contribution in [0.5, 0.6) is 0 Å². The first-order valence-electron chi connectivity index (χ1n) is 6.57. The van der Waals surface area contributed by atoms with Gasteiger partial charge in [0.2, 0.25) is 0 Å². The van der Waals surface area contributed by atoms with Crippen LogP contribution in [0.15, 0.2) is 36.4 Å². The van der Waals surface area contributed by atoms with E-state index in [1.165, 1.54) is 11.1 Å². The second-order valence-corrected chi connectivity index (χ2v) is 4.47. The smallest absolute Gasteiger partial charge is 0.0319 e. The zero-order valence-electron chi connectivity index (χ0n) is 12.3. The van der Waals surface area contributed by atoms with Gasteiger partial charge in [0.1, 0.15) is 0 Å². The van der Waals surface area contributed by atoms with Gasteiger partial charge in [-0.05, 0) is 30.5 Å². The second-order valence-electron chi connectivity index (χ2n) is 4.47. The Morgan fingerprint density at radius 3 is 2.17 bits per heavy atom. The topological polar surface area (TPSA) is 32.3 Å². The van der Waals surface area contributed by atoms with Crippen molar-refractivity contribution in [3.05, 3.63) is 42.0 Å². The van der Waals surface area contributed by atoms with E-state index in [4.69, 9.17) is 5.11 Å². The van der Waals surface area contributed by atoms with Crippen molar-refractivity contribution in [3.8, 4) is 0 Å². The van der Waals surface area contributed by atoms with Crippen molar-refractivity contribution >= 4 is 5.57 Å². The van der Waals surface area contributed by atoms with Gasteiger partial charge in [0.05, 0.1) is 0 Å². The summed E-state index contributed by atoms with van der Waals surface area (Å²) in [6.07, 6.45) is 3.44. The Balaban J connectivity index is 0.00000137. The lowest BCUT2D eigenvalue weighted by molar-refractivity contribution is 0.399. The Labute approximate surface area is 112 Å². The van der Waals surface area contributed by atoms with Crippen molar-refractivity contribution in [2.45, 2.75) is 33.2 Å². The highest BCUT2D eigenvalue weighted by atomic mass is 16.2. The number of likely N-dealkylation sites (N-methyl/N-ethyl adjacent to an activating group) is 1. The third-order valence-electron chi connectivity index (χ3n) is 2.96. The summed E-state index contributed by atoms with van der Waals surface area (Å²) in [7, 11) is 3.03. The summed E-state index contributed by atoms with van der Waals surface area (Å²) in [5.74, 6) is 0.621. The molecule has 0 aromatic heterocycles. The summed E-state index contributed by atoms with van der Waals surface area (Å²) in [6.45, 7) is 6.71. The highest BCUT2D eigenvalue weighted by molar-refractivity contribution is 5.65. The number of aliphatic hydroxyl groups excluding tert-OH is 1. The molecule has 0 spiro atoms. The van der Waals surface area contributed by atoms with E-state index in [-0.39, 0.29) is 0 Å². The van der Waals surface area contributed by atoms with E-state index < -0.39 is 0 Å². The van der Waals surface area contributed by atoms with E-state index in [1.807, 2.05) is 7.05 Å². The van der Waals surface area contributed by atoms with Gasteiger partial charge in [0, 0.05) is 13.2 Å². The first-order chi connectivity index (χ1) is 8.69. The number of rotatable bonds is 5. The lowest BCUT2D eigenvalue weighted by atomic mass is 9.96. The summed E-state index contributed by atoms with van der Waals surface area (Å²) in [5.41, 5.74) is 2.76. The molecule has 1 aromatic carbocycles. The molecule has 0 heterocycles. The number of benzene rings is 1. The number of aliphatic hydroxyl groups is 1. The quantitative estimate of drug-likeness (QED) is 0.839. The molecule has 0 saturated heterocycles. The molecule has 102 valence electrons. The zero-order valence-corrected chi connectivity index (χ0v) is 12.3. The van der Waals surface area contributed by atoms with Crippen LogP contribution in [0.2, 0.25) is 0 Å². The lowest BCUT2D eigenvalue weighted by Gasteiger charge is -2.18. The average Bonchev–Trinajstić information content (AvgIpc) is 2.43. The molecule has 0 bridgehead atoms. The molecule has 0 aliphatic rings. The Morgan fingerprint density at radius 1 is 1.22 bits per heavy atom. The van der Waals surface area contributed by atoms with Crippen LogP contribution in [-0.2, 0) is 0 Å². The molecule has 2 heteroatoms. The van der Waals surface area contributed by atoms with Gasteiger partial charge in [-0.2, -0.15) is 0 Å². The predicted octanol–water partition coefficient (Wildman–Crippen LogP) is 3.33. The van der Waals surface area contributed by atoms with Gasteiger partial charge in [0.25, 0.3) is 0 Å². The minimum Gasteiger partial charge on any atom is -0.400 e.